The summed E-state index contributed by atoms with van der Waals surface area (Å²) in [5.41, 5.74) is 1.64. The van der Waals surface area contributed by atoms with Crippen molar-refractivity contribution < 1.29 is 14.3 Å². The standard InChI is InChI=1S/C22H32N2O3/c1-22(2,3)27-21(26)24-15-17-11-9-8-10-16(17)14-19(24)20(25)23-18-12-6-4-5-7-13-18/h8-11,18-19H,4-7,12-15H2,1-3H3,(H,23,25)/t19-/m0/s1. The average Bonchev–Trinajstić information content (AvgIpc) is 2.87. The van der Waals surface area contributed by atoms with Gasteiger partial charge >= 0.3 is 6.09 Å². The Morgan fingerprint density at radius 1 is 1.04 bits per heavy atom. The fraction of sp³-hybridized carbons (Fsp3) is 0.636. The van der Waals surface area contributed by atoms with Crippen LogP contribution in [0.15, 0.2) is 24.3 Å². The summed E-state index contributed by atoms with van der Waals surface area (Å²) in [5.74, 6) is -0.0535. The second-order valence-corrected chi connectivity index (χ2v) is 8.79. The van der Waals surface area contributed by atoms with Gasteiger partial charge in [-0.3, -0.25) is 9.69 Å². The van der Waals surface area contributed by atoms with Crippen LogP contribution < -0.4 is 5.32 Å². The monoisotopic (exact) mass is 372 g/mol. The summed E-state index contributed by atoms with van der Waals surface area (Å²) in [7, 11) is 0. The average molecular weight is 373 g/mol. The van der Waals surface area contributed by atoms with Gasteiger partial charge in [0.25, 0.3) is 0 Å². The van der Waals surface area contributed by atoms with E-state index in [9.17, 15) is 9.59 Å². The van der Waals surface area contributed by atoms with E-state index in [0.29, 0.717) is 13.0 Å². The van der Waals surface area contributed by atoms with Crippen LogP contribution in [0.5, 0.6) is 0 Å². The van der Waals surface area contributed by atoms with Crippen molar-refractivity contribution in [3.8, 4) is 0 Å². The van der Waals surface area contributed by atoms with Gasteiger partial charge in [-0.1, -0.05) is 49.9 Å². The van der Waals surface area contributed by atoms with E-state index in [-0.39, 0.29) is 11.9 Å². The van der Waals surface area contributed by atoms with Gasteiger partial charge < -0.3 is 10.1 Å². The molecule has 1 atom stereocenters. The van der Waals surface area contributed by atoms with E-state index in [0.717, 1.165) is 36.8 Å². The highest BCUT2D eigenvalue weighted by Crippen LogP contribution is 2.26. The van der Waals surface area contributed by atoms with Crippen LogP contribution in [0.3, 0.4) is 0 Å². The predicted octanol–water partition coefficient (Wildman–Crippen LogP) is 4.19. The number of fused-ring (bicyclic) bond motifs is 1. The number of nitrogens with zero attached hydrogens (tertiary/aromatic N) is 1. The summed E-state index contributed by atoms with van der Waals surface area (Å²) in [6.45, 7) is 5.96. The Balaban J connectivity index is 1.78. The van der Waals surface area contributed by atoms with E-state index in [2.05, 4.69) is 5.32 Å². The SMILES string of the molecule is CC(C)(C)OC(=O)N1Cc2ccccc2C[C@H]1C(=O)NC1CCCCCC1. The number of nitrogens with one attached hydrogen (secondary N) is 1. The van der Waals surface area contributed by atoms with Crippen LogP contribution >= 0.6 is 0 Å². The largest absolute Gasteiger partial charge is 0.444 e. The summed E-state index contributed by atoms with van der Waals surface area (Å²) in [5, 5.41) is 3.22. The third kappa shape index (κ3) is 5.24. The minimum Gasteiger partial charge on any atom is -0.444 e. The normalized spacial score (nSPS) is 21.1. The molecular formula is C22H32N2O3. The Bertz CT molecular complexity index is 672. The zero-order valence-electron chi connectivity index (χ0n) is 16.8. The minimum atomic E-state index is -0.587. The molecule has 0 spiro atoms. The molecule has 2 amide bonds. The molecule has 0 bridgehead atoms. The molecule has 1 N–H and O–H groups in total. The maximum atomic E-state index is 13.1. The van der Waals surface area contributed by atoms with Crippen molar-refractivity contribution in [3.63, 3.8) is 0 Å². The van der Waals surface area contributed by atoms with E-state index in [1.165, 1.54) is 12.8 Å². The van der Waals surface area contributed by atoms with Crippen molar-refractivity contribution in [2.24, 2.45) is 0 Å². The number of benzene rings is 1. The maximum absolute atomic E-state index is 13.1. The molecule has 5 heteroatoms. The quantitative estimate of drug-likeness (QED) is 0.792. The Morgan fingerprint density at radius 2 is 1.67 bits per heavy atom. The highest BCUT2D eigenvalue weighted by Gasteiger charge is 2.37. The molecule has 0 aromatic heterocycles. The molecule has 2 aliphatic rings. The van der Waals surface area contributed by atoms with Gasteiger partial charge in [-0.15, -0.1) is 0 Å². The molecule has 1 aliphatic carbocycles. The van der Waals surface area contributed by atoms with Crippen molar-refractivity contribution in [1.29, 1.82) is 0 Å². The number of rotatable bonds is 2. The van der Waals surface area contributed by atoms with Gasteiger partial charge in [-0.25, -0.2) is 4.79 Å². The van der Waals surface area contributed by atoms with Gasteiger partial charge in [0, 0.05) is 12.5 Å². The molecule has 3 rings (SSSR count). The second-order valence-electron chi connectivity index (χ2n) is 8.79. The third-order valence-electron chi connectivity index (χ3n) is 5.38. The Hall–Kier alpha value is -2.04. The van der Waals surface area contributed by atoms with Crippen LogP contribution in [-0.4, -0.2) is 34.6 Å². The van der Waals surface area contributed by atoms with Gasteiger partial charge in [0.2, 0.25) is 5.91 Å². The summed E-state index contributed by atoms with van der Waals surface area (Å²) in [4.78, 5) is 27.5. The summed E-state index contributed by atoms with van der Waals surface area (Å²) < 4.78 is 5.59. The maximum Gasteiger partial charge on any atom is 0.411 e. The molecule has 1 aromatic rings. The summed E-state index contributed by atoms with van der Waals surface area (Å²) >= 11 is 0. The van der Waals surface area contributed by atoms with E-state index >= 15 is 0 Å². The van der Waals surface area contributed by atoms with Crippen LogP contribution in [0.2, 0.25) is 0 Å². The molecular weight excluding hydrogens is 340 g/mol. The number of ether oxygens (including phenoxy) is 1. The van der Waals surface area contributed by atoms with Crippen molar-refractivity contribution in [2.45, 2.75) is 89.9 Å². The van der Waals surface area contributed by atoms with Crippen LogP contribution in [0.25, 0.3) is 0 Å². The lowest BCUT2D eigenvalue weighted by molar-refractivity contribution is -0.127. The fourth-order valence-electron chi connectivity index (χ4n) is 3.99. The van der Waals surface area contributed by atoms with E-state index in [4.69, 9.17) is 4.74 Å². The van der Waals surface area contributed by atoms with Gasteiger partial charge in [-0.05, 0) is 44.7 Å². The first-order chi connectivity index (χ1) is 12.8. The lowest BCUT2D eigenvalue weighted by Crippen LogP contribution is -2.55. The zero-order chi connectivity index (χ0) is 19.4. The topological polar surface area (TPSA) is 58.6 Å². The molecule has 1 fully saturated rings. The summed E-state index contributed by atoms with van der Waals surface area (Å²) in [6.07, 6.45) is 6.98. The molecule has 148 valence electrons. The van der Waals surface area contributed by atoms with Crippen molar-refractivity contribution >= 4 is 12.0 Å². The van der Waals surface area contributed by atoms with Crippen LogP contribution in [-0.2, 0) is 22.5 Å². The molecule has 0 radical (unpaired) electrons. The number of hydrogen-bond donors (Lipinski definition) is 1. The smallest absolute Gasteiger partial charge is 0.411 e. The first-order valence-corrected chi connectivity index (χ1v) is 10.2. The predicted molar refractivity (Wildman–Crippen MR) is 105 cm³/mol. The van der Waals surface area contributed by atoms with E-state index in [1.807, 2.05) is 45.0 Å². The molecule has 5 nitrogen and oxygen atoms in total. The highest BCUT2D eigenvalue weighted by molar-refractivity contribution is 5.86. The van der Waals surface area contributed by atoms with Gasteiger partial charge in [0.15, 0.2) is 0 Å². The minimum absolute atomic E-state index is 0.0535. The molecule has 27 heavy (non-hydrogen) atoms. The van der Waals surface area contributed by atoms with E-state index < -0.39 is 17.7 Å². The molecule has 1 heterocycles. The number of hydrogen-bond acceptors (Lipinski definition) is 3. The number of carbonyl (C=O) groups is 2. The molecule has 1 aliphatic heterocycles. The molecule has 0 saturated heterocycles. The zero-order valence-corrected chi connectivity index (χ0v) is 16.8. The Labute approximate surface area is 162 Å². The Kier molecular flexibility index (Phi) is 6.08. The van der Waals surface area contributed by atoms with Crippen LogP contribution in [0.1, 0.15) is 70.4 Å². The lowest BCUT2D eigenvalue weighted by atomic mass is 9.93. The van der Waals surface area contributed by atoms with Crippen molar-refractivity contribution in [3.05, 3.63) is 35.4 Å². The highest BCUT2D eigenvalue weighted by atomic mass is 16.6. The van der Waals surface area contributed by atoms with Gasteiger partial charge in [0.1, 0.15) is 11.6 Å². The second kappa shape index (κ2) is 8.32. The van der Waals surface area contributed by atoms with Crippen molar-refractivity contribution in [2.75, 3.05) is 0 Å². The molecule has 1 aromatic carbocycles. The Morgan fingerprint density at radius 3 is 2.30 bits per heavy atom. The van der Waals surface area contributed by atoms with E-state index in [1.54, 1.807) is 4.90 Å². The third-order valence-corrected chi connectivity index (χ3v) is 5.38. The van der Waals surface area contributed by atoms with Crippen molar-refractivity contribution in [1.82, 2.24) is 10.2 Å². The van der Waals surface area contributed by atoms with Crippen LogP contribution in [0, 0.1) is 0 Å². The fourth-order valence-corrected chi connectivity index (χ4v) is 3.99. The van der Waals surface area contributed by atoms with Gasteiger partial charge in [-0.2, -0.15) is 0 Å². The molecule has 1 saturated carbocycles. The first kappa shape index (κ1) is 19.7. The summed E-state index contributed by atoms with van der Waals surface area (Å²) in [6, 6.07) is 7.73. The first-order valence-electron chi connectivity index (χ1n) is 10.2. The number of carbonyl (C=O) groups excluding carboxylic acids is 2. The van der Waals surface area contributed by atoms with Crippen LogP contribution in [0.4, 0.5) is 4.79 Å². The lowest BCUT2D eigenvalue weighted by Gasteiger charge is -2.37. The number of amides is 2. The van der Waals surface area contributed by atoms with Gasteiger partial charge in [0.05, 0.1) is 6.54 Å². The molecule has 0 unspecified atom stereocenters.